The number of hydrogen-bond donors (Lipinski definition) is 2. The Kier molecular flexibility index (Phi) is 4.40. The molecule has 3 heterocycles. The van der Waals surface area contributed by atoms with Crippen LogP contribution >= 0.6 is 23.1 Å². The molecule has 1 fully saturated rings. The minimum atomic E-state index is -0.704. The number of carbonyl (C=O) groups excluding carboxylic acids is 2. The van der Waals surface area contributed by atoms with Crippen LogP contribution in [0.15, 0.2) is 29.3 Å². The van der Waals surface area contributed by atoms with Gasteiger partial charge in [-0.2, -0.15) is 11.8 Å². The fourth-order valence-electron chi connectivity index (χ4n) is 3.65. The smallest absolute Gasteiger partial charge is 0.257 e. The number of carbonyl (C=O) groups is 2. The van der Waals surface area contributed by atoms with Crippen molar-refractivity contribution in [3.63, 3.8) is 0 Å². The average Bonchev–Trinajstić information content (AvgIpc) is 3.12. The molecule has 1 aromatic carbocycles. The second-order valence-electron chi connectivity index (χ2n) is 6.61. The van der Waals surface area contributed by atoms with Crippen LogP contribution in [0.3, 0.4) is 0 Å². The summed E-state index contributed by atoms with van der Waals surface area (Å²) in [7, 11) is 0. The van der Waals surface area contributed by atoms with Gasteiger partial charge in [-0.3, -0.25) is 14.6 Å². The van der Waals surface area contributed by atoms with Crippen LogP contribution in [0, 0.1) is 0 Å². The summed E-state index contributed by atoms with van der Waals surface area (Å²) in [5.74, 6) is 1.36. The maximum Gasteiger partial charge on any atom is 0.257 e. The number of anilines is 1. The molecular weight excluding hydrogens is 368 g/mol. The quantitative estimate of drug-likeness (QED) is 0.845. The number of thioether (sulfide) groups is 1. The lowest BCUT2D eigenvalue weighted by Gasteiger charge is -2.35. The minimum absolute atomic E-state index is 0.0332. The fraction of sp³-hybridized carbons (Fsp3) is 0.389. The molecule has 0 bridgehead atoms. The second kappa shape index (κ2) is 6.59. The van der Waals surface area contributed by atoms with E-state index in [4.69, 9.17) is 5.73 Å². The Morgan fingerprint density at radius 3 is 2.85 bits per heavy atom. The maximum absolute atomic E-state index is 13.1. The molecule has 2 aromatic rings. The third kappa shape index (κ3) is 2.77. The van der Waals surface area contributed by atoms with E-state index in [0.29, 0.717) is 42.2 Å². The first-order valence-electron chi connectivity index (χ1n) is 8.49. The van der Waals surface area contributed by atoms with Crippen LogP contribution in [0.1, 0.15) is 23.2 Å². The third-order valence-corrected chi connectivity index (χ3v) is 6.59. The summed E-state index contributed by atoms with van der Waals surface area (Å²) < 4.78 is 1.02. The van der Waals surface area contributed by atoms with Crippen molar-refractivity contribution < 1.29 is 9.59 Å². The minimum Gasteiger partial charge on any atom is -0.390 e. The first-order chi connectivity index (χ1) is 12.5. The van der Waals surface area contributed by atoms with E-state index in [1.54, 1.807) is 16.7 Å². The van der Waals surface area contributed by atoms with Gasteiger partial charge in [0.1, 0.15) is 11.4 Å². The number of piperidine rings is 1. The number of nitrogens with one attached hydrogen (secondary N) is 1. The van der Waals surface area contributed by atoms with E-state index >= 15 is 0 Å². The highest BCUT2D eigenvalue weighted by Gasteiger charge is 2.46. The predicted molar refractivity (Wildman–Crippen MR) is 108 cm³/mol. The number of nitrogens with two attached hydrogens (primary N) is 1. The molecular formula is C18H20N4O2S2. The summed E-state index contributed by atoms with van der Waals surface area (Å²) in [5, 5.41) is 4.34. The van der Waals surface area contributed by atoms with Crippen LogP contribution in [0.2, 0.25) is 0 Å². The molecule has 0 saturated carbocycles. The number of nitrogen functional groups attached to an aromatic ring is 1. The number of nitrogens with zero attached hydrogens (tertiary/aromatic N) is 2. The van der Waals surface area contributed by atoms with Gasteiger partial charge in [-0.25, -0.2) is 0 Å². The van der Waals surface area contributed by atoms with Gasteiger partial charge in [-0.15, -0.1) is 11.3 Å². The summed E-state index contributed by atoms with van der Waals surface area (Å²) >= 11 is 3.07. The van der Waals surface area contributed by atoms with Crippen molar-refractivity contribution in [3.8, 4) is 0 Å². The number of amides is 2. The highest BCUT2D eigenvalue weighted by molar-refractivity contribution is 7.99. The molecule has 2 aliphatic rings. The first kappa shape index (κ1) is 17.4. The SMILES string of the molecule is CSCC1=NC2(CCN(C(=O)c3c(N)sc4ccccc34)CC2)C(=O)N1. The molecule has 0 radical (unpaired) electrons. The molecule has 0 unspecified atom stereocenters. The molecule has 2 aliphatic heterocycles. The number of fused-ring (bicyclic) bond motifs is 1. The number of aliphatic imine (C=N–C) groups is 1. The standard InChI is InChI=1S/C18H20N4O2S2/c1-25-10-13-20-17(24)18(21-13)6-8-22(9-7-18)16(23)14-11-4-2-3-5-12(11)26-15(14)19/h2-5H,6-10,19H2,1H3,(H,20,21,24). The molecule has 2 amide bonds. The van der Waals surface area contributed by atoms with Gasteiger partial charge in [0, 0.05) is 23.2 Å². The molecule has 1 spiro atoms. The normalized spacial score (nSPS) is 19.0. The number of amidine groups is 1. The van der Waals surface area contributed by atoms with E-state index < -0.39 is 5.54 Å². The Labute approximate surface area is 159 Å². The third-order valence-electron chi connectivity index (χ3n) is 5.02. The average molecular weight is 389 g/mol. The molecule has 1 saturated heterocycles. The van der Waals surface area contributed by atoms with Gasteiger partial charge < -0.3 is 16.0 Å². The number of hydrogen-bond acceptors (Lipinski definition) is 6. The van der Waals surface area contributed by atoms with Gasteiger partial charge in [-0.1, -0.05) is 18.2 Å². The molecule has 1 aromatic heterocycles. The highest BCUT2D eigenvalue weighted by Crippen LogP contribution is 2.36. The van der Waals surface area contributed by atoms with Crippen LogP contribution in [-0.2, 0) is 4.79 Å². The lowest BCUT2D eigenvalue weighted by molar-refractivity contribution is -0.125. The molecule has 8 heteroatoms. The van der Waals surface area contributed by atoms with Gasteiger partial charge in [0.2, 0.25) is 0 Å². The first-order valence-corrected chi connectivity index (χ1v) is 10.7. The number of likely N-dealkylation sites (tertiary alicyclic amines) is 1. The topological polar surface area (TPSA) is 87.8 Å². The van der Waals surface area contributed by atoms with Crippen molar-refractivity contribution in [1.29, 1.82) is 0 Å². The zero-order valence-electron chi connectivity index (χ0n) is 14.4. The molecule has 6 nitrogen and oxygen atoms in total. The van der Waals surface area contributed by atoms with Crippen molar-refractivity contribution in [1.82, 2.24) is 10.2 Å². The van der Waals surface area contributed by atoms with Gasteiger partial charge in [0.15, 0.2) is 0 Å². The Morgan fingerprint density at radius 1 is 1.38 bits per heavy atom. The number of rotatable bonds is 3. The van der Waals surface area contributed by atoms with Crippen LogP contribution in [-0.4, -0.2) is 53.2 Å². The largest absolute Gasteiger partial charge is 0.390 e. The van der Waals surface area contributed by atoms with E-state index in [9.17, 15) is 9.59 Å². The second-order valence-corrected chi connectivity index (χ2v) is 8.56. The van der Waals surface area contributed by atoms with E-state index in [-0.39, 0.29) is 11.8 Å². The van der Waals surface area contributed by atoms with Crippen molar-refractivity contribution in [3.05, 3.63) is 29.8 Å². The zero-order chi connectivity index (χ0) is 18.3. The Bertz CT molecular complexity index is 913. The lowest BCUT2D eigenvalue weighted by atomic mass is 9.87. The van der Waals surface area contributed by atoms with Crippen LogP contribution in [0.5, 0.6) is 0 Å². The van der Waals surface area contributed by atoms with Crippen molar-refractivity contribution in [2.75, 3.05) is 30.8 Å². The summed E-state index contributed by atoms with van der Waals surface area (Å²) in [6, 6.07) is 7.77. The number of benzene rings is 1. The van der Waals surface area contributed by atoms with E-state index in [2.05, 4.69) is 10.3 Å². The van der Waals surface area contributed by atoms with Crippen LogP contribution in [0.25, 0.3) is 10.1 Å². The number of thiophene rings is 1. The van der Waals surface area contributed by atoms with Crippen molar-refractivity contribution in [2.45, 2.75) is 18.4 Å². The molecule has 0 atom stereocenters. The maximum atomic E-state index is 13.1. The lowest BCUT2D eigenvalue weighted by Crippen LogP contribution is -2.50. The van der Waals surface area contributed by atoms with E-state index in [1.165, 1.54) is 11.3 Å². The van der Waals surface area contributed by atoms with Gasteiger partial charge in [-0.05, 0) is 25.2 Å². The molecule has 0 aliphatic carbocycles. The predicted octanol–water partition coefficient (Wildman–Crippen LogP) is 2.35. The molecule has 136 valence electrons. The van der Waals surface area contributed by atoms with Crippen molar-refractivity contribution >= 4 is 55.8 Å². The molecule has 26 heavy (non-hydrogen) atoms. The summed E-state index contributed by atoms with van der Waals surface area (Å²) in [5.41, 5.74) is 6.02. The molecule has 4 rings (SSSR count). The molecule has 3 N–H and O–H groups in total. The van der Waals surface area contributed by atoms with Gasteiger partial charge >= 0.3 is 0 Å². The van der Waals surface area contributed by atoms with Gasteiger partial charge in [0.25, 0.3) is 11.8 Å². The monoisotopic (exact) mass is 388 g/mol. The summed E-state index contributed by atoms with van der Waals surface area (Å²) in [4.78, 5) is 31.9. The Balaban J connectivity index is 1.54. The van der Waals surface area contributed by atoms with Crippen molar-refractivity contribution in [2.24, 2.45) is 4.99 Å². The summed E-state index contributed by atoms with van der Waals surface area (Å²) in [6.45, 7) is 1.01. The Morgan fingerprint density at radius 2 is 2.12 bits per heavy atom. The zero-order valence-corrected chi connectivity index (χ0v) is 16.1. The highest BCUT2D eigenvalue weighted by atomic mass is 32.2. The van der Waals surface area contributed by atoms with Gasteiger partial charge in [0.05, 0.1) is 16.3 Å². The summed E-state index contributed by atoms with van der Waals surface area (Å²) in [6.07, 6.45) is 3.07. The van der Waals surface area contributed by atoms with Crippen LogP contribution < -0.4 is 11.1 Å². The van der Waals surface area contributed by atoms with E-state index in [1.807, 2.05) is 30.5 Å². The van der Waals surface area contributed by atoms with E-state index in [0.717, 1.165) is 15.9 Å². The fourth-order valence-corrected chi connectivity index (χ4v) is 5.02. The van der Waals surface area contributed by atoms with Crippen LogP contribution in [0.4, 0.5) is 5.00 Å². The Hall–Kier alpha value is -2.06.